The molecule has 0 aromatic heterocycles. The van der Waals surface area contributed by atoms with Gasteiger partial charge in [-0.15, -0.1) is 0 Å². The van der Waals surface area contributed by atoms with Crippen LogP contribution in [0.15, 0.2) is 78.7 Å². The number of carbonyl (C=O) groups excluding carboxylic acids is 1. The lowest BCUT2D eigenvalue weighted by atomic mass is 10.1. The van der Waals surface area contributed by atoms with E-state index in [2.05, 4.69) is 75.4 Å². The summed E-state index contributed by atoms with van der Waals surface area (Å²) in [5.74, 6) is 0.523. The minimum atomic E-state index is -0.473. The Morgan fingerprint density at radius 3 is 2.38 bits per heavy atom. The van der Waals surface area contributed by atoms with E-state index in [1.807, 2.05) is 61.5 Å². The van der Waals surface area contributed by atoms with Crippen LogP contribution >= 0.6 is 70.4 Å². The van der Waals surface area contributed by atoms with Crippen LogP contribution in [0.3, 0.4) is 0 Å². The Morgan fingerprint density at radius 2 is 1.72 bits per heavy atom. The van der Waals surface area contributed by atoms with Gasteiger partial charge in [0.25, 0.3) is 0 Å². The molecular weight excluding hydrogens is 717 g/mol. The van der Waals surface area contributed by atoms with E-state index >= 15 is 0 Å². The fourth-order valence-corrected chi connectivity index (χ4v) is 5.06. The van der Waals surface area contributed by atoms with Gasteiger partial charge in [0.15, 0.2) is 5.70 Å². The Kier molecular flexibility index (Phi) is 7.54. The third-order valence-electron chi connectivity index (χ3n) is 4.65. The van der Waals surface area contributed by atoms with Crippen molar-refractivity contribution in [2.45, 2.75) is 13.5 Å². The Balaban J connectivity index is 1.55. The third kappa shape index (κ3) is 5.52. The molecule has 0 radical (unpaired) electrons. The number of aliphatic imine (C=N–C) groups is 1. The fraction of sp³-hybridized carbons (Fsp3) is 0.0833. The normalized spacial score (nSPS) is 14.5. The van der Waals surface area contributed by atoms with E-state index in [-0.39, 0.29) is 5.70 Å². The molecule has 3 aromatic carbocycles. The number of esters is 1. The highest BCUT2D eigenvalue weighted by molar-refractivity contribution is 14.1. The molecule has 4 rings (SSSR count). The van der Waals surface area contributed by atoms with Crippen molar-refractivity contribution in [3.8, 4) is 5.75 Å². The van der Waals surface area contributed by atoms with Gasteiger partial charge in [-0.1, -0.05) is 28.1 Å². The van der Waals surface area contributed by atoms with Gasteiger partial charge in [-0.05, 0) is 127 Å². The predicted octanol–water partition coefficient (Wildman–Crippen LogP) is 7.81. The van der Waals surface area contributed by atoms with Crippen molar-refractivity contribution in [2.24, 2.45) is 4.99 Å². The van der Waals surface area contributed by atoms with Crippen LogP contribution in [0.5, 0.6) is 5.75 Å². The zero-order valence-corrected chi connectivity index (χ0v) is 23.6. The molecule has 0 N–H and O–H groups in total. The predicted molar refractivity (Wildman–Crippen MR) is 145 cm³/mol. The first-order valence-electron chi connectivity index (χ1n) is 9.45. The van der Waals surface area contributed by atoms with Crippen molar-refractivity contribution in [1.82, 2.24) is 0 Å². The SMILES string of the molecule is Cc1cc(C2=N/C(=C\c3cc(Br)c(OCc4ccc(Br)cc4)c(Br)c3)C(=O)O2)ccc1I. The highest BCUT2D eigenvalue weighted by atomic mass is 127. The van der Waals surface area contributed by atoms with E-state index in [1.54, 1.807) is 6.08 Å². The minimum absolute atomic E-state index is 0.249. The lowest BCUT2D eigenvalue weighted by Gasteiger charge is -2.11. The van der Waals surface area contributed by atoms with Gasteiger partial charge in [-0.2, -0.15) is 0 Å². The van der Waals surface area contributed by atoms with Crippen molar-refractivity contribution < 1.29 is 14.3 Å². The Labute approximate surface area is 224 Å². The molecule has 0 amide bonds. The van der Waals surface area contributed by atoms with Crippen molar-refractivity contribution >= 4 is 88.3 Å². The molecule has 0 fully saturated rings. The molecular formula is C24H15Br3INO3. The molecule has 3 aromatic rings. The van der Waals surface area contributed by atoms with Gasteiger partial charge in [-0.3, -0.25) is 0 Å². The molecule has 4 nitrogen and oxygen atoms in total. The standard InChI is InChI=1S/C24H15Br3INO3/c1-13-8-16(4-7-20(13)28)23-29-21(24(30)32-23)11-15-9-18(26)22(19(27)10-15)31-12-14-2-5-17(25)6-3-14/h2-11H,12H2,1H3/b21-11-. The number of rotatable bonds is 5. The molecule has 0 saturated carbocycles. The first kappa shape index (κ1) is 23.7. The molecule has 1 aliphatic rings. The second-order valence-electron chi connectivity index (χ2n) is 7.03. The van der Waals surface area contributed by atoms with Crippen molar-refractivity contribution in [3.63, 3.8) is 0 Å². The highest BCUT2D eigenvalue weighted by Gasteiger charge is 2.24. The summed E-state index contributed by atoms with van der Waals surface area (Å²) < 4.78 is 15.1. The molecule has 162 valence electrons. The summed E-state index contributed by atoms with van der Waals surface area (Å²) in [6.07, 6.45) is 1.70. The molecule has 0 saturated heterocycles. The number of halogens is 4. The first-order chi connectivity index (χ1) is 15.3. The van der Waals surface area contributed by atoms with Gasteiger partial charge >= 0.3 is 5.97 Å². The molecule has 0 atom stereocenters. The minimum Gasteiger partial charge on any atom is -0.487 e. The van der Waals surface area contributed by atoms with Crippen LogP contribution in [0.2, 0.25) is 0 Å². The molecule has 0 aliphatic carbocycles. The van der Waals surface area contributed by atoms with E-state index in [1.165, 1.54) is 0 Å². The summed E-state index contributed by atoms with van der Waals surface area (Å²) in [4.78, 5) is 16.8. The summed E-state index contributed by atoms with van der Waals surface area (Å²) in [6, 6.07) is 17.5. The second-order valence-corrected chi connectivity index (χ2v) is 10.8. The zero-order valence-electron chi connectivity index (χ0n) is 16.7. The van der Waals surface area contributed by atoms with E-state index < -0.39 is 5.97 Å². The van der Waals surface area contributed by atoms with Gasteiger partial charge in [-0.25, -0.2) is 9.79 Å². The monoisotopic (exact) mass is 729 g/mol. The average molecular weight is 732 g/mol. The third-order valence-corrected chi connectivity index (χ3v) is 7.56. The smallest absolute Gasteiger partial charge is 0.363 e. The maximum Gasteiger partial charge on any atom is 0.363 e. The Hall–Kier alpha value is -1.49. The van der Waals surface area contributed by atoms with Gasteiger partial charge in [0, 0.05) is 13.6 Å². The zero-order chi connectivity index (χ0) is 22.8. The van der Waals surface area contributed by atoms with Crippen molar-refractivity contribution in [1.29, 1.82) is 0 Å². The number of hydrogen-bond acceptors (Lipinski definition) is 4. The van der Waals surface area contributed by atoms with Gasteiger partial charge in [0.1, 0.15) is 12.4 Å². The van der Waals surface area contributed by atoms with Crippen molar-refractivity contribution in [3.05, 3.63) is 99.5 Å². The number of aryl methyl sites for hydroxylation is 1. The van der Waals surface area contributed by atoms with Crippen LogP contribution in [0.1, 0.15) is 22.3 Å². The second kappa shape index (κ2) is 10.2. The van der Waals surface area contributed by atoms with Crippen LogP contribution < -0.4 is 4.74 Å². The number of hydrogen-bond donors (Lipinski definition) is 0. The Morgan fingerprint density at radius 1 is 1.03 bits per heavy atom. The highest BCUT2D eigenvalue weighted by Crippen LogP contribution is 2.36. The van der Waals surface area contributed by atoms with Crippen LogP contribution in [-0.4, -0.2) is 11.9 Å². The van der Waals surface area contributed by atoms with Gasteiger partial charge < -0.3 is 9.47 Å². The summed E-state index contributed by atoms with van der Waals surface area (Å²) in [7, 11) is 0. The number of nitrogens with zero attached hydrogens (tertiary/aromatic N) is 1. The summed E-state index contributed by atoms with van der Waals surface area (Å²) >= 11 is 12.8. The summed E-state index contributed by atoms with van der Waals surface area (Å²) in [6.45, 7) is 2.44. The van der Waals surface area contributed by atoms with Crippen LogP contribution in [0.4, 0.5) is 0 Å². The lowest BCUT2D eigenvalue weighted by molar-refractivity contribution is -0.129. The molecule has 0 unspecified atom stereocenters. The largest absolute Gasteiger partial charge is 0.487 e. The topological polar surface area (TPSA) is 47.9 Å². The van der Waals surface area contributed by atoms with E-state index in [0.717, 1.165) is 39.2 Å². The maximum absolute atomic E-state index is 12.4. The van der Waals surface area contributed by atoms with E-state index in [9.17, 15) is 4.79 Å². The summed E-state index contributed by atoms with van der Waals surface area (Å²) in [5.41, 5.74) is 3.97. The molecule has 32 heavy (non-hydrogen) atoms. The lowest BCUT2D eigenvalue weighted by Crippen LogP contribution is -2.05. The van der Waals surface area contributed by atoms with Gasteiger partial charge in [0.05, 0.1) is 8.95 Å². The fourth-order valence-electron chi connectivity index (χ4n) is 3.01. The quantitative estimate of drug-likeness (QED) is 0.153. The number of ether oxygens (including phenoxy) is 2. The van der Waals surface area contributed by atoms with Crippen LogP contribution in [0, 0.1) is 10.5 Å². The molecule has 8 heteroatoms. The maximum atomic E-state index is 12.4. The average Bonchev–Trinajstić information content (AvgIpc) is 3.11. The van der Waals surface area contributed by atoms with Crippen LogP contribution in [0.25, 0.3) is 6.08 Å². The molecule has 0 bridgehead atoms. The van der Waals surface area contributed by atoms with Gasteiger partial charge in [0.2, 0.25) is 5.90 Å². The van der Waals surface area contributed by atoms with E-state index in [4.69, 9.17) is 9.47 Å². The molecule has 1 aliphatic heterocycles. The molecule has 0 spiro atoms. The number of cyclic esters (lactones) is 1. The van der Waals surface area contributed by atoms with E-state index in [0.29, 0.717) is 18.3 Å². The number of benzene rings is 3. The number of carbonyl (C=O) groups is 1. The first-order valence-corrected chi connectivity index (χ1v) is 12.9. The molecule has 1 heterocycles. The van der Waals surface area contributed by atoms with Crippen molar-refractivity contribution in [2.75, 3.05) is 0 Å². The summed E-state index contributed by atoms with van der Waals surface area (Å²) in [5, 5.41) is 0. The van der Waals surface area contributed by atoms with Crippen LogP contribution in [-0.2, 0) is 16.1 Å². The Bertz CT molecular complexity index is 1250.